The van der Waals surface area contributed by atoms with Crippen LogP contribution in [0.4, 0.5) is 0 Å². The number of likely N-dealkylation sites (tertiary alicyclic amines) is 1. The quantitative estimate of drug-likeness (QED) is 0.850. The van der Waals surface area contributed by atoms with Gasteiger partial charge in [-0.25, -0.2) is 0 Å². The number of hydrogen-bond donors (Lipinski definition) is 1. The lowest BCUT2D eigenvalue weighted by molar-refractivity contribution is -0.130. The van der Waals surface area contributed by atoms with Crippen LogP contribution in [0.5, 0.6) is 0 Å². The van der Waals surface area contributed by atoms with Crippen LogP contribution >= 0.6 is 0 Å². The average Bonchev–Trinajstić information content (AvgIpc) is 2.67. The molecule has 0 aromatic heterocycles. The zero-order chi connectivity index (χ0) is 13.8. The Hall–Kier alpha value is -0.570. The zero-order valence-corrected chi connectivity index (χ0v) is 12.6. The summed E-state index contributed by atoms with van der Waals surface area (Å²) in [6.45, 7) is 6.45. The van der Waals surface area contributed by atoms with Crippen LogP contribution in [0.25, 0.3) is 0 Å². The highest BCUT2D eigenvalue weighted by molar-refractivity contribution is 5.76. The van der Waals surface area contributed by atoms with E-state index in [9.17, 15) is 4.79 Å². The third-order valence-corrected chi connectivity index (χ3v) is 5.28. The van der Waals surface area contributed by atoms with Crippen LogP contribution in [-0.4, -0.2) is 29.9 Å². The highest BCUT2D eigenvalue weighted by Crippen LogP contribution is 2.29. The Kier molecular flexibility index (Phi) is 5.26. The molecule has 0 radical (unpaired) electrons. The van der Waals surface area contributed by atoms with E-state index in [1.807, 2.05) is 0 Å². The second-order valence-corrected chi connectivity index (χ2v) is 6.86. The molecule has 0 bridgehead atoms. The first-order chi connectivity index (χ1) is 9.08. The lowest BCUT2D eigenvalue weighted by Crippen LogP contribution is -2.34. The third kappa shape index (κ3) is 3.95. The molecule has 2 rings (SSSR count). The van der Waals surface area contributed by atoms with Gasteiger partial charge in [-0.15, -0.1) is 0 Å². The minimum atomic E-state index is 0.370. The van der Waals surface area contributed by atoms with Gasteiger partial charge in [0.15, 0.2) is 0 Å². The Morgan fingerprint density at radius 1 is 1.26 bits per heavy atom. The first kappa shape index (κ1) is 14.8. The normalized spacial score (nSPS) is 32.9. The SMILES string of the molecule is CC(C)C1CCC(=O)N(CCC2CCCC2N)CC1. The molecule has 3 atom stereocenters. The molecule has 1 saturated heterocycles. The maximum absolute atomic E-state index is 12.2. The number of nitrogens with two attached hydrogens (primary N) is 1. The van der Waals surface area contributed by atoms with Crippen molar-refractivity contribution in [1.29, 1.82) is 0 Å². The fourth-order valence-electron chi connectivity index (χ4n) is 3.71. The molecule has 1 aliphatic heterocycles. The lowest BCUT2D eigenvalue weighted by Gasteiger charge is -2.24. The highest BCUT2D eigenvalue weighted by Gasteiger charge is 2.27. The molecule has 1 heterocycles. The van der Waals surface area contributed by atoms with Crippen molar-refractivity contribution in [3.05, 3.63) is 0 Å². The molecule has 2 aliphatic rings. The predicted octanol–water partition coefficient (Wildman–Crippen LogP) is 2.79. The summed E-state index contributed by atoms with van der Waals surface area (Å²) in [6, 6.07) is 0.380. The minimum Gasteiger partial charge on any atom is -0.343 e. The molecule has 2 fully saturated rings. The molecule has 3 heteroatoms. The summed E-state index contributed by atoms with van der Waals surface area (Å²) in [5, 5.41) is 0. The molecular weight excluding hydrogens is 236 g/mol. The molecule has 1 saturated carbocycles. The predicted molar refractivity (Wildman–Crippen MR) is 78.7 cm³/mol. The van der Waals surface area contributed by atoms with Gasteiger partial charge >= 0.3 is 0 Å². The fourth-order valence-corrected chi connectivity index (χ4v) is 3.71. The highest BCUT2D eigenvalue weighted by atomic mass is 16.2. The lowest BCUT2D eigenvalue weighted by atomic mass is 9.89. The van der Waals surface area contributed by atoms with Gasteiger partial charge in [0.25, 0.3) is 0 Å². The van der Waals surface area contributed by atoms with Gasteiger partial charge in [0.2, 0.25) is 5.91 Å². The number of rotatable bonds is 4. The van der Waals surface area contributed by atoms with Crippen molar-refractivity contribution in [2.75, 3.05) is 13.1 Å². The smallest absolute Gasteiger partial charge is 0.222 e. The molecule has 1 amide bonds. The number of carbonyl (C=O) groups is 1. The van der Waals surface area contributed by atoms with Crippen molar-refractivity contribution in [3.8, 4) is 0 Å². The van der Waals surface area contributed by atoms with Crippen molar-refractivity contribution >= 4 is 5.91 Å². The Bertz CT molecular complexity index is 303. The Balaban J connectivity index is 1.80. The second kappa shape index (κ2) is 6.74. The van der Waals surface area contributed by atoms with Crippen LogP contribution in [0.1, 0.15) is 58.8 Å². The monoisotopic (exact) mass is 266 g/mol. The van der Waals surface area contributed by atoms with Crippen LogP contribution in [-0.2, 0) is 4.79 Å². The van der Waals surface area contributed by atoms with Gasteiger partial charge in [-0.1, -0.05) is 20.3 Å². The summed E-state index contributed by atoms with van der Waals surface area (Å²) in [5.41, 5.74) is 6.12. The van der Waals surface area contributed by atoms with Gasteiger partial charge < -0.3 is 10.6 Å². The van der Waals surface area contributed by atoms with Crippen LogP contribution in [0, 0.1) is 17.8 Å². The molecule has 1 aliphatic carbocycles. The van der Waals surface area contributed by atoms with Gasteiger partial charge in [0.1, 0.15) is 0 Å². The average molecular weight is 266 g/mol. The van der Waals surface area contributed by atoms with E-state index in [-0.39, 0.29) is 0 Å². The van der Waals surface area contributed by atoms with E-state index in [2.05, 4.69) is 18.7 Å². The first-order valence-corrected chi connectivity index (χ1v) is 8.11. The maximum Gasteiger partial charge on any atom is 0.222 e. The van der Waals surface area contributed by atoms with E-state index in [0.717, 1.165) is 38.3 Å². The number of nitrogens with zero attached hydrogens (tertiary/aromatic N) is 1. The summed E-state index contributed by atoms with van der Waals surface area (Å²) >= 11 is 0. The van der Waals surface area contributed by atoms with E-state index in [1.165, 1.54) is 25.7 Å². The van der Waals surface area contributed by atoms with Gasteiger partial charge in [0, 0.05) is 25.6 Å². The van der Waals surface area contributed by atoms with Crippen LogP contribution in [0.15, 0.2) is 0 Å². The largest absolute Gasteiger partial charge is 0.343 e. The van der Waals surface area contributed by atoms with Crippen LogP contribution in [0.2, 0.25) is 0 Å². The van der Waals surface area contributed by atoms with Crippen molar-refractivity contribution < 1.29 is 4.79 Å². The molecule has 3 nitrogen and oxygen atoms in total. The van der Waals surface area contributed by atoms with Crippen molar-refractivity contribution in [1.82, 2.24) is 4.90 Å². The Labute approximate surface area is 117 Å². The molecular formula is C16H30N2O. The molecule has 110 valence electrons. The zero-order valence-electron chi connectivity index (χ0n) is 12.6. The van der Waals surface area contributed by atoms with E-state index in [0.29, 0.717) is 23.8 Å². The molecule has 0 aromatic rings. The topological polar surface area (TPSA) is 46.3 Å². The fraction of sp³-hybridized carbons (Fsp3) is 0.938. The van der Waals surface area contributed by atoms with Crippen LogP contribution < -0.4 is 5.73 Å². The van der Waals surface area contributed by atoms with E-state index >= 15 is 0 Å². The molecule has 0 aromatic carbocycles. The number of amides is 1. The summed E-state index contributed by atoms with van der Waals surface area (Å²) in [5.74, 6) is 2.45. The molecule has 0 spiro atoms. The molecule has 2 N–H and O–H groups in total. The van der Waals surface area contributed by atoms with Crippen molar-refractivity contribution in [3.63, 3.8) is 0 Å². The van der Waals surface area contributed by atoms with Gasteiger partial charge in [-0.05, 0) is 49.9 Å². The van der Waals surface area contributed by atoms with E-state index in [1.54, 1.807) is 0 Å². The standard InChI is InChI=1S/C16H30N2O/c1-12(2)13-6-7-16(19)18(10-8-13)11-9-14-4-3-5-15(14)17/h12-15H,3-11,17H2,1-2H3. The summed E-state index contributed by atoms with van der Waals surface area (Å²) in [7, 11) is 0. The Morgan fingerprint density at radius 2 is 2.05 bits per heavy atom. The molecule has 19 heavy (non-hydrogen) atoms. The third-order valence-electron chi connectivity index (χ3n) is 5.28. The summed E-state index contributed by atoms with van der Waals surface area (Å²) in [4.78, 5) is 14.3. The van der Waals surface area contributed by atoms with E-state index in [4.69, 9.17) is 5.73 Å². The van der Waals surface area contributed by atoms with Gasteiger partial charge in [-0.2, -0.15) is 0 Å². The van der Waals surface area contributed by atoms with E-state index < -0.39 is 0 Å². The van der Waals surface area contributed by atoms with Gasteiger partial charge in [0.05, 0.1) is 0 Å². The summed E-state index contributed by atoms with van der Waals surface area (Å²) in [6.07, 6.45) is 7.83. The number of hydrogen-bond acceptors (Lipinski definition) is 2. The summed E-state index contributed by atoms with van der Waals surface area (Å²) < 4.78 is 0. The second-order valence-electron chi connectivity index (χ2n) is 6.86. The van der Waals surface area contributed by atoms with Crippen molar-refractivity contribution in [2.45, 2.75) is 64.8 Å². The van der Waals surface area contributed by atoms with Gasteiger partial charge in [-0.3, -0.25) is 4.79 Å². The Morgan fingerprint density at radius 3 is 2.68 bits per heavy atom. The van der Waals surface area contributed by atoms with Crippen molar-refractivity contribution in [2.24, 2.45) is 23.5 Å². The maximum atomic E-state index is 12.2. The first-order valence-electron chi connectivity index (χ1n) is 8.11. The number of carbonyl (C=O) groups excluding carboxylic acids is 1. The molecule has 3 unspecified atom stereocenters. The van der Waals surface area contributed by atoms with Crippen LogP contribution in [0.3, 0.4) is 0 Å². The minimum absolute atomic E-state index is 0.370.